The van der Waals surface area contributed by atoms with Gasteiger partial charge in [-0.15, -0.1) is 0 Å². The highest BCUT2D eigenvalue weighted by Gasteiger charge is 1.93. The maximum Gasteiger partial charge on any atom is 0.0230 e. The Balaban J connectivity index is 2.86. The van der Waals surface area contributed by atoms with Crippen molar-refractivity contribution < 1.29 is 1.37 Å². The molecule has 0 spiro atoms. The van der Waals surface area contributed by atoms with Crippen LogP contribution in [0.5, 0.6) is 0 Å². The first-order valence-corrected chi connectivity index (χ1v) is 8.21. The van der Waals surface area contributed by atoms with Crippen molar-refractivity contribution in [2.24, 2.45) is 0 Å². The molecule has 0 fully saturated rings. The highest BCUT2D eigenvalue weighted by Crippen LogP contribution is 2.13. The second kappa shape index (κ2) is 16.0. The number of rotatable bonds is 14. The smallest absolute Gasteiger partial charge is 0.0230 e. The van der Waals surface area contributed by atoms with Gasteiger partial charge in [0.1, 0.15) is 0 Å². The van der Waals surface area contributed by atoms with E-state index in [1.54, 1.807) is 0 Å². The van der Waals surface area contributed by atoms with Gasteiger partial charge in [0.15, 0.2) is 0 Å². The molecule has 0 aromatic carbocycles. The van der Waals surface area contributed by atoms with Gasteiger partial charge in [-0.3, -0.25) is 0 Å². The lowest BCUT2D eigenvalue weighted by Gasteiger charge is -2.02. The first-order chi connectivity index (χ1) is 8.91. The van der Waals surface area contributed by atoms with Crippen molar-refractivity contribution in [3.8, 4) is 0 Å². The van der Waals surface area contributed by atoms with Crippen LogP contribution in [-0.4, -0.2) is 0 Å². The zero-order chi connectivity index (χ0) is 13.3. The molecule has 0 atom stereocenters. The molecule has 0 aliphatic rings. The standard InChI is InChI=1S/C17H36/c1-3-5-7-9-11-13-15-17-16-14-12-10-8-6-4-2/h3-17H2,1-2H3/i1D. The normalized spacial score (nSPS) is 11.7. The molecule has 0 aliphatic carbocycles. The minimum Gasteiger partial charge on any atom is -0.0654 e. The average Bonchev–Trinajstić information content (AvgIpc) is 2.39. The van der Waals surface area contributed by atoms with E-state index in [0.717, 1.165) is 6.42 Å². The molecule has 0 N–H and O–H groups in total. The SMILES string of the molecule is [2H]CCCCCCCCCCCCCCCCC. The van der Waals surface area contributed by atoms with Gasteiger partial charge in [-0.25, -0.2) is 0 Å². The van der Waals surface area contributed by atoms with E-state index in [9.17, 15) is 0 Å². The topological polar surface area (TPSA) is 0 Å². The summed E-state index contributed by atoms with van der Waals surface area (Å²) in [6, 6.07) is 0. The van der Waals surface area contributed by atoms with Crippen molar-refractivity contribution in [2.45, 2.75) is 110 Å². The fourth-order valence-electron chi connectivity index (χ4n) is 2.37. The summed E-state index contributed by atoms with van der Waals surface area (Å²) >= 11 is 0. The van der Waals surface area contributed by atoms with Gasteiger partial charge in [-0.1, -0.05) is 110 Å². The van der Waals surface area contributed by atoms with Crippen LogP contribution in [0, 0.1) is 0 Å². The molecule has 0 heterocycles. The molecule has 104 valence electrons. The van der Waals surface area contributed by atoms with Crippen molar-refractivity contribution in [1.82, 2.24) is 0 Å². The Morgan fingerprint density at radius 3 is 1.06 bits per heavy atom. The van der Waals surface area contributed by atoms with Crippen LogP contribution in [0.3, 0.4) is 0 Å². The predicted molar refractivity (Wildman–Crippen MR) is 80.6 cm³/mol. The van der Waals surface area contributed by atoms with E-state index in [2.05, 4.69) is 6.92 Å². The molecule has 0 heteroatoms. The molecule has 0 aromatic heterocycles. The molecule has 0 aromatic rings. The molecule has 0 aliphatic heterocycles. The first-order valence-electron chi connectivity index (χ1n) is 8.91. The lowest BCUT2D eigenvalue weighted by atomic mass is 10.0. The van der Waals surface area contributed by atoms with Crippen LogP contribution in [0.4, 0.5) is 0 Å². The summed E-state index contributed by atoms with van der Waals surface area (Å²) in [5.41, 5.74) is 0. The maximum absolute atomic E-state index is 7.07. The summed E-state index contributed by atoms with van der Waals surface area (Å²) in [5, 5.41) is 0. The van der Waals surface area contributed by atoms with Gasteiger partial charge in [0.25, 0.3) is 0 Å². The van der Waals surface area contributed by atoms with Crippen molar-refractivity contribution in [2.75, 3.05) is 0 Å². The van der Waals surface area contributed by atoms with Gasteiger partial charge in [0, 0.05) is 1.37 Å². The molecular weight excluding hydrogens is 204 g/mol. The molecule has 0 amide bonds. The van der Waals surface area contributed by atoms with Crippen molar-refractivity contribution >= 4 is 0 Å². The Morgan fingerprint density at radius 2 is 0.765 bits per heavy atom. The Hall–Kier alpha value is 0. The monoisotopic (exact) mass is 241 g/mol. The van der Waals surface area contributed by atoms with Crippen LogP contribution < -0.4 is 0 Å². The highest BCUT2D eigenvalue weighted by atomic mass is 14.0. The number of hydrogen-bond acceptors (Lipinski definition) is 0. The summed E-state index contributed by atoms with van der Waals surface area (Å²) in [6.07, 6.45) is 21.0. The van der Waals surface area contributed by atoms with Crippen molar-refractivity contribution in [3.05, 3.63) is 0 Å². The molecule has 0 saturated carbocycles. The zero-order valence-electron chi connectivity index (χ0n) is 13.3. The highest BCUT2D eigenvalue weighted by molar-refractivity contribution is 4.48. The van der Waals surface area contributed by atoms with Crippen LogP contribution in [0.15, 0.2) is 0 Å². The lowest BCUT2D eigenvalue weighted by molar-refractivity contribution is 0.534. The molecule has 17 heavy (non-hydrogen) atoms. The molecular formula is C17H36. The summed E-state index contributed by atoms with van der Waals surface area (Å²) in [5.74, 6) is 0. The van der Waals surface area contributed by atoms with Gasteiger partial charge in [0.2, 0.25) is 0 Å². The van der Waals surface area contributed by atoms with Crippen molar-refractivity contribution in [1.29, 1.82) is 0 Å². The molecule has 0 radical (unpaired) electrons. The molecule has 0 rings (SSSR count). The Morgan fingerprint density at radius 1 is 0.471 bits per heavy atom. The van der Waals surface area contributed by atoms with Gasteiger partial charge < -0.3 is 0 Å². The van der Waals surface area contributed by atoms with E-state index in [0.29, 0.717) is 6.90 Å². The van der Waals surface area contributed by atoms with Crippen LogP contribution in [0.1, 0.15) is 112 Å². The number of unbranched alkanes of at least 4 members (excludes halogenated alkanes) is 14. The van der Waals surface area contributed by atoms with Crippen LogP contribution in [0.2, 0.25) is 0 Å². The van der Waals surface area contributed by atoms with E-state index in [1.165, 1.54) is 89.9 Å². The third kappa shape index (κ3) is 16.0. The lowest BCUT2D eigenvalue weighted by Crippen LogP contribution is -1.82. The Kier molecular flexibility index (Phi) is 14.2. The summed E-state index contributed by atoms with van der Waals surface area (Å²) in [7, 11) is 0. The van der Waals surface area contributed by atoms with E-state index < -0.39 is 0 Å². The molecule has 0 saturated heterocycles. The van der Waals surface area contributed by atoms with Crippen LogP contribution in [-0.2, 0) is 0 Å². The minimum atomic E-state index is 0.623. The predicted octanol–water partition coefficient (Wildman–Crippen LogP) is 6.88. The number of hydrogen-bond donors (Lipinski definition) is 0. The van der Waals surface area contributed by atoms with Crippen LogP contribution >= 0.6 is 0 Å². The fraction of sp³-hybridized carbons (Fsp3) is 1.00. The molecule has 0 nitrogen and oxygen atoms in total. The zero-order valence-corrected chi connectivity index (χ0v) is 12.3. The van der Waals surface area contributed by atoms with Gasteiger partial charge in [-0.05, 0) is 0 Å². The maximum atomic E-state index is 7.07. The van der Waals surface area contributed by atoms with E-state index in [1.807, 2.05) is 0 Å². The second-order valence-corrected chi connectivity index (χ2v) is 5.45. The Bertz CT molecular complexity index is 118. The van der Waals surface area contributed by atoms with Crippen LogP contribution in [0.25, 0.3) is 0 Å². The second-order valence-electron chi connectivity index (χ2n) is 5.45. The summed E-state index contributed by atoms with van der Waals surface area (Å²) in [4.78, 5) is 0. The fourth-order valence-corrected chi connectivity index (χ4v) is 2.37. The van der Waals surface area contributed by atoms with E-state index in [-0.39, 0.29) is 0 Å². The van der Waals surface area contributed by atoms with Gasteiger partial charge in [-0.2, -0.15) is 0 Å². The van der Waals surface area contributed by atoms with Crippen molar-refractivity contribution in [3.63, 3.8) is 0 Å². The average molecular weight is 241 g/mol. The first kappa shape index (κ1) is 15.1. The third-order valence-corrected chi connectivity index (χ3v) is 3.60. The van der Waals surface area contributed by atoms with E-state index in [4.69, 9.17) is 1.37 Å². The summed E-state index contributed by atoms with van der Waals surface area (Å²) in [6.45, 7) is 2.91. The summed E-state index contributed by atoms with van der Waals surface area (Å²) < 4.78 is 7.07. The largest absolute Gasteiger partial charge is 0.0654 e. The third-order valence-electron chi connectivity index (χ3n) is 3.60. The van der Waals surface area contributed by atoms with E-state index >= 15 is 0 Å². The minimum absolute atomic E-state index is 0.623. The molecule has 0 bridgehead atoms. The molecule has 0 unspecified atom stereocenters. The Labute approximate surface area is 112 Å². The van der Waals surface area contributed by atoms with Gasteiger partial charge in [0.05, 0.1) is 0 Å². The van der Waals surface area contributed by atoms with Gasteiger partial charge >= 0.3 is 0 Å². The quantitative estimate of drug-likeness (QED) is 0.291.